The van der Waals surface area contributed by atoms with Crippen molar-refractivity contribution in [3.05, 3.63) is 59.7 Å². The molecule has 3 rings (SSSR count). The Labute approximate surface area is 166 Å². The van der Waals surface area contributed by atoms with E-state index in [1.807, 2.05) is 36.4 Å². The van der Waals surface area contributed by atoms with Gasteiger partial charge in [0, 0.05) is 19.6 Å². The highest BCUT2D eigenvalue weighted by atomic mass is 16.5. The van der Waals surface area contributed by atoms with E-state index in [1.54, 1.807) is 14.2 Å². The van der Waals surface area contributed by atoms with Crippen molar-refractivity contribution in [2.45, 2.75) is 12.5 Å². The van der Waals surface area contributed by atoms with E-state index in [2.05, 4.69) is 22.3 Å². The summed E-state index contributed by atoms with van der Waals surface area (Å²) in [5.41, 5.74) is 2.09. The van der Waals surface area contributed by atoms with Crippen LogP contribution in [0.1, 0.15) is 17.2 Å². The van der Waals surface area contributed by atoms with Crippen molar-refractivity contribution in [1.82, 2.24) is 10.2 Å². The van der Waals surface area contributed by atoms with Gasteiger partial charge in [-0.15, -0.1) is 0 Å². The molecule has 1 amide bonds. The maximum Gasteiger partial charge on any atom is 0.224 e. The smallest absolute Gasteiger partial charge is 0.224 e. The molecule has 28 heavy (non-hydrogen) atoms. The summed E-state index contributed by atoms with van der Waals surface area (Å²) in [6.07, 6.45) is 0.329. The molecule has 1 unspecified atom stereocenters. The molecule has 6 heteroatoms. The summed E-state index contributed by atoms with van der Waals surface area (Å²) in [7, 11) is 3.29. The molecule has 0 aliphatic carbocycles. The van der Waals surface area contributed by atoms with Gasteiger partial charge < -0.3 is 19.5 Å². The Kier molecular flexibility index (Phi) is 7.28. The third-order valence-corrected chi connectivity index (χ3v) is 4.98. The predicted octanol–water partition coefficient (Wildman–Crippen LogP) is 2.44. The van der Waals surface area contributed by atoms with Crippen LogP contribution in [0.5, 0.6) is 11.5 Å². The van der Waals surface area contributed by atoms with Gasteiger partial charge in [-0.25, -0.2) is 0 Å². The minimum Gasteiger partial charge on any atom is -0.497 e. The van der Waals surface area contributed by atoms with E-state index >= 15 is 0 Å². The lowest BCUT2D eigenvalue weighted by molar-refractivity contribution is -0.120. The maximum atomic E-state index is 12.5. The van der Waals surface area contributed by atoms with Crippen molar-refractivity contribution in [2.24, 2.45) is 0 Å². The molecule has 1 aliphatic heterocycles. The minimum atomic E-state index is 0.0000224. The lowest BCUT2D eigenvalue weighted by Crippen LogP contribution is -2.44. The first-order valence-electron chi connectivity index (χ1n) is 9.55. The van der Waals surface area contributed by atoms with Gasteiger partial charge in [-0.1, -0.05) is 24.3 Å². The molecule has 0 aromatic heterocycles. The average Bonchev–Trinajstić information content (AvgIpc) is 2.75. The van der Waals surface area contributed by atoms with Gasteiger partial charge in [0.1, 0.15) is 11.5 Å². The summed E-state index contributed by atoms with van der Waals surface area (Å²) in [6.45, 7) is 3.68. The summed E-state index contributed by atoms with van der Waals surface area (Å²) in [6, 6.07) is 15.7. The van der Waals surface area contributed by atoms with E-state index < -0.39 is 0 Å². The van der Waals surface area contributed by atoms with Crippen LogP contribution in [0, 0.1) is 0 Å². The van der Waals surface area contributed by atoms with Gasteiger partial charge in [0.05, 0.1) is 39.9 Å². The van der Waals surface area contributed by atoms with E-state index in [1.165, 1.54) is 0 Å². The van der Waals surface area contributed by atoms with Gasteiger partial charge in [-0.2, -0.15) is 0 Å². The zero-order chi connectivity index (χ0) is 19.8. The van der Waals surface area contributed by atoms with Crippen LogP contribution in [0.4, 0.5) is 0 Å². The molecule has 1 saturated heterocycles. The van der Waals surface area contributed by atoms with Crippen molar-refractivity contribution < 1.29 is 19.0 Å². The van der Waals surface area contributed by atoms with E-state index in [4.69, 9.17) is 14.2 Å². The largest absolute Gasteiger partial charge is 0.497 e. The van der Waals surface area contributed by atoms with E-state index in [0.717, 1.165) is 35.7 Å². The van der Waals surface area contributed by atoms with Crippen LogP contribution in [0.25, 0.3) is 0 Å². The first kappa shape index (κ1) is 20.2. The number of nitrogens with zero attached hydrogens (tertiary/aromatic N) is 1. The molecule has 2 aromatic carbocycles. The van der Waals surface area contributed by atoms with Crippen molar-refractivity contribution in [1.29, 1.82) is 0 Å². The van der Waals surface area contributed by atoms with Gasteiger partial charge in [-0.3, -0.25) is 9.69 Å². The van der Waals surface area contributed by atoms with Crippen molar-refractivity contribution in [2.75, 3.05) is 47.1 Å². The molecule has 1 N–H and O–H groups in total. The molecule has 0 bridgehead atoms. The normalized spacial score (nSPS) is 15.6. The number of ether oxygens (including phenoxy) is 3. The standard InChI is InChI=1S/C22H28N2O4/c1-26-19-8-6-18(7-9-19)21(24-10-12-28-13-11-24)16-23-22(25)15-17-4-3-5-20(14-17)27-2/h3-9,14,21H,10-13,15-16H2,1-2H3,(H,23,25). The van der Waals surface area contributed by atoms with Gasteiger partial charge in [0.25, 0.3) is 0 Å². The quantitative estimate of drug-likeness (QED) is 0.758. The highest BCUT2D eigenvalue weighted by Gasteiger charge is 2.23. The third kappa shape index (κ3) is 5.47. The number of morpholine rings is 1. The number of amides is 1. The molecule has 6 nitrogen and oxygen atoms in total. The molecule has 150 valence electrons. The monoisotopic (exact) mass is 384 g/mol. The SMILES string of the molecule is COc1ccc(C(CNC(=O)Cc2cccc(OC)c2)N2CCOCC2)cc1. The highest BCUT2D eigenvalue weighted by molar-refractivity contribution is 5.78. The Morgan fingerprint density at radius 2 is 1.79 bits per heavy atom. The fourth-order valence-electron chi connectivity index (χ4n) is 3.41. The predicted molar refractivity (Wildman–Crippen MR) is 108 cm³/mol. The van der Waals surface area contributed by atoms with Gasteiger partial charge >= 0.3 is 0 Å². The van der Waals surface area contributed by atoms with Gasteiger partial charge in [-0.05, 0) is 35.4 Å². The van der Waals surface area contributed by atoms with Crippen LogP contribution in [0.2, 0.25) is 0 Å². The van der Waals surface area contributed by atoms with E-state index in [0.29, 0.717) is 26.2 Å². The number of nitrogens with one attached hydrogen (secondary N) is 1. The van der Waals surface area contributed by atoms with Crippen LogP contribution in [-0.4, -0.2) is 57.9 Å². The van der Waals surface area contributed by atoms with Crippen molar-refractivity contribution >= 4 is 5.91 Å². The van der Waals surface area contributed by atoms with Crippen LogP contribution in [-0.2, 0) is 16.0 Å². The van der Waals surface area contributed by atoms with Gasteiger partial charge in [0.2, 0.25) is 5.91 Å². The Morgan fingerprint density at radius 1 is 1.07 bits per heavy atom. The van der Waals surface area contributed by atoms with E-state index in [-0.39, 0.29) is 11.9 Å². The molecular weight excluding hydrogens is 356 g/mol. The zero-order valence-corrected chi connectivity index (χ0v) is 16.5. The minimum absolute atomic E-state index is 0.0000224. The number of benzene rings is 2. The lowest BCUT2D eigenvalue weighted by Gasteiger charge is -2.35. The number of carbonyl (C=O) groups is 1. The number of hydrogen-bond donors (Lipinski definition) is 1. The van der Waals surface area contributed by atoms with Crippen LogP contribution in [0.3, 0.4) is 0 Å². The topological polar surface area (TPSA) is 60.0 Å². The third-order valence-electron chi connectivity index (χ3n) is 4.98. The summed E-state index contributed by atoms with van der Waals surface area (Å²) in [4.78, 5) is 14.9. The van der Waals surface area contributed by atoms with Crippen molar-refractivity contribution in [3.63, 3.8) is 0 Å². The number of hydrogen-bond acceptors (Lipinski definition) is 5. The first-order chi connectivity index (χ1) is 13.7. The molecule has 2 aromatic rings. The van der Waals surface area contributed by atoms with Crippen LogP contribution in [0.15, 0.2) is 48.5 Å². The first-order valence-corrected chi connectivity index (χ1v) is 9.55. The summed E-state index contributed by atoms with van der Waals surface area (Å²) >= 11 is 0. The molecule has 1 aliphatic rings. The second-order valence-electron chi connectivity index (χ2n) is 6.77. The molecule has 0 spiro atoms. The highest BCUT2D eigenvalue weighted by Crippen LogP contribution is 2.23. The molecular formula is C22H28N2O4. The lowest BCUT2D eigenvalue weighted by atomic mass is 10.0. The second kappa shape index (κ2) is 10.1. The fraction of sp³-hybridized carbons (Fsp3) is 0.409. The number of rotatable bonds is 8. The van der Waals surface area contributed by atoms with Crippen molar-refractivity contribution in [3.8, 4) is 11.5 Å². The summed E-state index contributed by atoms with van der Waals surface area (Å²) in [5.74, 6) is 1.58. The number of carbonyl (C=O) groups excluding carboxylic acids is 1. The Balaban J connectivity index is 1.65. The van der Waals surface area contributed by atoms with Gasteiger partial charge in [0.15, 0.2) is 0 Å². The summed E-state index contributed by atoms with van der Waals surface area (Å²) < 4.78 is 16.0. The summed E-state index contributed by atoms with van der Waals surface area (Å²) in [5, 5.41) is 3.10. The Morgan fingerprint density at radius 3 is 2.46 bits per heavy atom. The maximum absolute atomic E-state index is 12.5. The van der Waals surface area contributed by atoms with E-state index in [9.17, 15) is 4.79 Å². The van der Waals surface area contributed by atoms with Crippen LogP contribution < -0.4 is 14.8 Å². The second-order valence-corrected chi connectivity index (χ2v) is 6.77. The Bertz CT molecular complexity index is 757. The van der Waals surface area contributed by atoms with Crippen LogP contribution >= 0.6 is 0 Å². The molecule has 0 saturated carbocycles. The zero-order valence-electron chi connectivity index (χ0n) is 16.5. The Hall–Kier alpha value is -2.57. The number of methoxy groups -OCH3 is 2. The average molecular weight is 384 g/mol. The molecule has 0 radical (unpaired) electrons. The molecule has 1 heterocycles. The molecule has 1 atom stereocenters. The fourth-order valence-corrected chi connectivity index (χ4v) is 3.41. The molecule has 1 fully saturated rings.